The summed E-state index contributed by atoms with van der Waals surface area (Å²) in [6, 6.07) is 14.6. The number of hydrogen-bond acceptors (Lipinski definition) is 5. The van der Waals surface area contributed by atoms with E-state index in [4.69, 9.17) is 32.4 Å². The highest BCUT2D eigenvalue weighted by molar-refractivity contribution is 6.74. The van der Waals surface area contributed by atoms with Gasteiger partial charge in [0, 0.05) is 46.5 Å². The molecular formula is C34H46Cl2N2O5Si. The zero-order valence-corrected chi connectivity index (χ0v) is 29.7. The zero-order valence-electron chi connectivity index (χ0n) is 27.2. The van der Waals surface area contributed by atoms with Gasteiger partial charge in [0.05, 0.1) is 17.7 Å². The fraction of sp³-hybridized carbons (Fsp3) is 0.529. The minimum atomic E-state index is -2.05. The smallest absolute Gasteiger partial charge is 0.410 e. The SMILES string of the molecule is CC(C)(C)OC(=O)N1CCC(O)(C(c2ccc(Cl)cc2)c2cc3cc(Cl)ccc3n(CCO[Si](C)(C)C(C)(C)C)c2=O)CC1. The van der Waals surface area contributed by atoms with Gasteiger partial charge in [0.2, 0.25) is 0 Å². The van der Waals surface area contributed by atoms with E-state index >= 15 is 0 Å². The summed E-state index contributed by atoms with van der Waals surface area (Å²) in [7, 11) is -2.05. The standard InChI is InChI=1S/C34H46Cl2N2O5Si/c1-32(2,3)43-31(40)37-17-15-34(41,16-18-37)29(23-9-11-25(35)12-10-23)27-22-24-21-26(36)13-14-28(24)38(30(27)39)19-20-42-44(7,8)33(4,5)6/h9-14,21-22,29,41H,15-20H2,1-8H3. The van der Waals surface area contributed by atoms with Crippen molar-refractivity contribution >= 4 is 48.5 Å². The van der Waals surface area contributed by atoms with Crippen LogP contribution >= 0.6 is 23.2 Å². The van der Waals surface area contributed by atoms with Crippen molar-refractivity contribution in [2.24, 2.45) is 0 Å². The van der Waals surface area contributed by atoms with Gasteiger partial charge in [-0.1, -0.05) is 56.1 Å². The van der Waals surface area contributed by atoms with Crippen molar-refractivity contribution in [2.45, 2.75) is 96.2 Å². The molecule has 1 atom stereocenters. The number of aliphatic hydroxyl groups is 1. The van der Waals surface area contributed by atoms with Crippen LogP contribution in [0.15, 0.2) is 53.3 Å². The Balaban J connectivity index is 1.78. The molecule has 240 valence electrons. The molecule has 2 heterocycles. The molecule has 0 aliphatic carbocycles. The minimum absolute atomic E-state index is 0.0342. The number of likely N-dealkylation sites (tertiary alicyclic amines) is 1. The largest absolute Gasteiger partial charge is 0.444 e. The van der Waals surface area contributed by atoms with E-state index in [0.29, 0.717) is 41.8 Å². The van der Waals surface area contributed by atoms with Crippen LogP contribution in [0.4, 0.5) is 4.79 Å². The van der Waals surface area contributed by atoms with E-state index in [-0.39, 0.29) is 23.4 Å². The number of halogens is 2. The molecule has 1 aliphatic rings. The molecular weight excluding hydrogens is 615 g/mol. The van der Waals surface area contributed by atoms with E-state index in [1.54, 1.807) is 27.7 Å². The third-order valence-electron chi connectivity index (χ3n) is 9.00. The molecule has 0 spiro atoms. The van der Waals surface area contributed by atoms with Gasteiger partial charge >= 0.3 is 6.09 Å². The second-order valence-electron chi connectivity index (χ2n) is 14.4. The molecule has 1 aromatic heterocycles. The molecule has 0 saturated carbocycles. The maximum absolute atomic E-state index is 14.5. The molecule has 7 nitrogen and oxygen atoms in total. The van der Waals surface area contributed by atoms with Gasteiger partial charge in [-0.25, -0.2) is 4.79 Å². The predicted molar refractivity (Wildman–Crippen MR) is 182 cm³/mol. The number of nitrogens with zero attached hydrogens (tertiary/aromatic N) is 2. The van der Waals surface area contributed by atoms with Gasteiger partial charge in [0.1, 0.15) is 5.60 Å². The summed E-state index contributed by atoms with van der Waals surface area (Å²) >= 11 is 12.7. The van der Waals surface area contributed by atoms with Crippen molar-refractivity contribution in [1.82, 2.24) is 9.47 Å². The first-order valence-electron chi connectivity index (χ1n) is 15.2. The van der Waals surface area contributed by atoms with Crippen LogP contribution in [-0.4, -0.2) is 59.9 Å². The molecule has 1 amide bonds. The maximum atomic E-state index is 14.5. The van der Waals surface area contributed by atoms with Gasteiger partial charge in [0.15, 0.2) is 8.32 Å². The van der Waals surface area contributed by atoms with Crippen LogP contribution < -0.4 is 5.56 Å². The Labute approximate surface area is 272 Å². The summed E-state index contributed by atoms with van der Waals surface area (Å²) < 4.78 is 13.8. The molecule has 0 bridgehead atoms. The lowest BCUT2D eigenvalue weighted by atomic mass is 9.72. The minimum Gasteiger partial charge on any atom is -0.444 e. The zero-order chi connectivity index (χ0) is 32.7. The molecule has 1 unspecified atom stereocenters. The fourth-order valence-corrected chi connectivity index (χ4v) is 6.89. The first-order valence-corrected chi connectivity index (χ1v) is 18.9. The Morgan fingerprint density at radius 1 is 0.977 bits per heavy atom. The highest BCUT2D eigenvalue weighted by Gasteiger charge is 2.44. The van der Waals surface area contributed by atoms with Crippen LogP contribution in [0.2, 0.25) is 28.2 Å². The van der Waals surface area contributed by atoms with E-state index in [1.807, 2.05) is 51.1 Å². The molecule has 2 aromatic carbocycles. The van der Waals surface area contributed by atoms with Crippen molar-refractivity contribution in [3.05, 3.63) is 80.1 Å². The Morgan fingerprint density at radius 2 is 1.57 bits per heavy atom. The monoisotopic (exact) mass is 660 g/mol. The number of hydrogen-bond donors (Lipinski definition) is 1. The number of aromatic nitrogens is 1. The Morgan fingerprint density at radius 3 is 2.14 bits per heavy atom. The summed E-state index contributed by atoms with van der Waals surface area (Å²) in [6.07, 6.45) is 0.120. The maximum Gasteiger partial charge on any atom is 0.410 e. The van der Waals surface area contributed by atoms with Crippen LogP contribution in [0.25, 0.3) is 10.9 Å². The third-order valence-corrected chi connectivity index (χ3v) is 14.0. The van der Waals surface area contributed by atoms with Gasteiger partial charge in [-0.2, -0.15) is 0 Å². The van der Waals surface area contributed by atoms with E-state index < -0.39 is 31.5 Å². The van der Waals surface area contributed by atoms with Gasteiger partial charge < -0.3 is 23.7 Å². The Bertz CT molecular complexity index is 1550. The van der Waals surface area contributed by atoms with Crippen LogP contribution in [0.1, 0.15) is 71.4 Å². The molecule has 1 aliphatic heterocycles. The normalized spacial score (nSPS) is 16.7. The van der Waals surface area contributed by atoms with Crippen LogP contribution in [0.3, 0.4) is 0 Å². The second-order valence-corrected chi connectivity index (χ2v) is 20.1. The quantitative estimate of drug-likeness (QED) is 0.258. The number of benzene rings is 2. The fourth-order valence-electron chi connectivity index (χ4n) is 5.54. The van der Waals surface area contributed by atoms with Crippen molar-refractivity contribution < 1.29 is 19.1 Å². The number of pyridine rings is 1. The number of carbonyl (C=O) groups is 1. The molecule has 0 radical (unpaired) electrons. The third kappa shape index (κ3) is 7.70. The van der Waals surface area contributed by atoms with Crippen LogP contribution in [0.5, 0.6) is 0 Å². The highest BCUT2D eigenvalue weighted by atomic mass is 35.5. The van der Waals surface area contributed by atoms with Crippen molar-refractivity contribution in [3.63, 3.8) is 0 Å². The van der Waals surface area contributed by atoms with Crippen LogP contribution in [-0.2, 0) is 15.7 Å². The van der Waals surface area contributed by atoms with E-state index in [9.17, 15) is 14.7 Å². The number of fused-ring (bicyclic) bond motifs is 1. The summed E-state index contributed by atoms with van der Waals surface area (Å²) in [5.74, 6) is -0.677. The van der Waals surface area contributed by atoms with Gasteiger partial charge in [-0.15, -0.1) is 0 Å². The molecule has 1 N–H and O–H groups in total. The van der Waals surface area contributed by atoms with E-state index in [0.717, 1.165) is 16.5 Å². The number of piperidine rings is 1. The van der Waals surface area contributed by atoms with Gasteiger partial charge in [0.25, 0.3) is 5.56 Å². The molecule has 4 rings (SSSR count). The number of rotatable bonds is 7. The molecule has 3 aromatic rings. The average molecular weight is 662 g/mol. The Hall–Kier alpha value is -2.36. The van der Waals surface area contributed by atoms with Gasteiger partial charge in [-0.05, 0) is 93.7 Å². The number of carbonyl (C=O) groups excluding carboxylic acids is 1. The molecule has 1 saturated heterocycles. The van der Waals surface area contributed by atoms with Crippen molar-refractivity contribution in [1.29, 1.82) is 0 Å². The lowest BCUT2D eigenvalue weighted by molar-refractivity contribution is -0.0415. The summed E-state index contributed by atoms with van der Waals surface area (Å²) in [5, 5.41) is 14.3. The highest BCUT2D eigenvalue weighted by Crippen LogP contribution is 2.42. The summed E-state index contributed by atoms with van der Waals surface area (Å²) in [5.41, 5.74) is -0.145. The lowest BCUT2D eigenvalue weighted by Gasteiger charge is -2.43. The first-order chi connectivity index (χ1) is 20.3. The first kappa shape index (κ1) is 34.5. The molecule has 44 heavy (non-hydrogen) atoms. The second kappa shape index (κ2) is 12.8. The summed E-state index contributed by atoms with van der Waals surface area (Å²) in [4.78, 5) is 28.9. The lowest BCUT2D eigenvalue weighted by Crippen LogP contribution is -2.51. The predicted octanol–water partition coefficient (Wildman–Crippen LogP) is 8.22. The van der Waals surface area contributed by atoms with Crippen LogP contribution in [0, 0.1) is 0 Å². The topological polar surface area (TPSA) is 81.0 Å². The average Bonchev–Trinajstić information content (AvgIpc) is 2.90. The Kier molecular flexibility index (Phi) is 10.0. The van der Waals surface area contributed by atoms with E-state index in [2.05, 4.69) is 33.9 Å². The van der Waals surface area contributed by atoms with Gasteiger partial charge in [-0.3, -0.25) is 4.79 Å². The molecule has 1 fully saturated rings. The van der Waals surface area contributed by atoms with Crippen molar-refractivity contribution in [3.8, 4) is 0 Å². The van der Waals surface area contributed by atoms with Crippen molar-refractivity contribution in [2.75, 3.05) is 19.7 Å². The molecule has 10 heteroatoms. The van der Waals surface area contributed by atoms with E-state index in [1.165, 1.54) is 0 Å². The number of ether oxygens (including phenoxy) is 1. The summed E-state index contributed by atoms with van der Waals surface area (Å²) in [6.45, 7) is 17.8. The number of amides is 1.